The van der Waals surface area contributed by atoms with E-state index in [4.69, 9.17) is 20.6 Å². The lowest BCUT2D eigenvalue weighted by molar-refractivity contribution is 0.200. The van der Waals surface area contributed by atoms with Gasteiger partial charge in [0, 0.05) is 29.9 Å². The summed E-state index contributed by atoms with van der Waals surface area (Å²) >= 11 is 1.66. The number of rotatable bonds is 7. The molecule has 0 bridgehead atoms. The Morgan fingerprint density at radius 3 is 2.76 bits per heavy atom. The van der Waals surface area contributed by atoms with Gasteiger partial charge in [-0.05, 0) is 24.6 Å². The summed E-state index contributed by atoms with van der Waals surface area (Å²) in [6, 6.07) is 5.55. The Morgan fingerprint density at radius 2 is 2.18 bits per heavy atom. The highest BCUT2D eigenvalue weighted by Crippen LogP contribution is 2.27. The Morgan fingerprint density at radius 1 is 1.41 bits per heavy atom. The van der Waals surface area contributed by atoms with Crippen LogP contribution in [0.2, 0.25) is 0 Å². The summed E-state index contributed by atoms with van der Waals surface area (Å²) in [6.07, 6.45) is 0.968. The second-order valence-electron chi connectivity index (χ2n) is 3.47. The summed E-state index contributed by atoms with van der Waals surface area (Å²) in [5.41, 5.74) is 6.30. The van der Waals surface area contributed by atoms with Gasteiger partial charge in [-0.3, -0.25) is 5.41 Å². The van der Waals surface area contributed by atoms with E-state index < -0.39 is 0 Å². The lowest BCUT2D eigenvalue weighted by Crippen LogP contribution is -2.12. The maximum absolute atomic E-state index is 7.52. The number of hydrogen-bond acceptors (Lipinski definition) is 4. The zero-order valence-corrected chi connectivity index (χ0v) is 11.0. The highest BCUT2D eigenvalue weighted by molar-refractivity contribution is 7.99. The van der Waals surface area contributed by atoms with Gasteiger partial charge in [-0.2, -0.15) is 0 Å². The van der Waals surface area contributed by atoms with Gasteiger partial charge in [-0.25, -0.2) is 0 Å². The third-order valence-electron chi connectivity index (χ3n) is 2.23. The summed E-state index contributed by atoms with van der Waals surface area (Å²) in [5.74, 6) is 1.80. The fourth-order valence-corrected chi connectivity index (χ4v) is 2.37. The van der Waals surface area contributed by atoms with Crippen molar-refractivity contribution in [1.82, 2.24) is 0 Å². The lowest BCUT2D eigenvalue weighted by atomic mass is 10.2. The molecule has 0 fully saturated rings. The van der Waals surface area contributed by atoms with Gasteiger partial charge >= 0.3 is 0 Å². The third kappa shape index (κ3) is 4.28. The van der Waals surface area contributed by atoms with E-state index in [1.807, 2.05) is 18.2 Å². The first-order valence-electron chi connectivity index (χ1n) is 5.33. The average Bonchev–Trinajstić information content (AvgIpc) is 2.34. The molecule has 0 aliphatic rings. The van der Waals surface area contributed by atoms with Crippen LogP contribution in [0.1, 0.15) is 12.0 Å². The van der Waals surface area contributed by atoms with Crippen LogP contribution < -0.4 is 10.5 Å². The van der Waals surface area contributed by atoms with Crippen LogP contribution in [0.15, 0.2) is 23.1 Å². The molecule has 0 spiro atoms. The van der Waals surface area contributed by atoms with Gasteiger partial charge in [-0.1, -0.05) is 0 Å². The third-order valence-corrected chi connectivity index (χ3v) is 3.37. The number of amidine groups is 1. The molecule has 0 aromatic heterocycles. The van der Waals surface area contributed by atoms with Crippen molar-refractivity contribution in [2.45, 2.75) is 11.3 Å². The summed E-state index contributed by atoms with van der Waals surface area (Å²) < 4.78 is 10.2. The van der Waals surface area contributed by atoms with Crippen LogP contribution in [-0.2, 0) is 4.74 Å². The minimum atomic E-state index is 0.0851. The molecule has 0 atom stereocenters. The van der Waals surface area contributed by atoms with Crippen molar-refractivity contribution >= 4 is 17.6 Å². The predicted molar refractivity (Wildman–Crippen MR) is 71.2 cm³/mol. The summed E-state index contributed by atoms with van der Waals surface area (Å²) in [6.45, 7) is 0.742. The standard InChI is InChI=1S/C12H18N2O2S/c1-15-6-3-7-17-11-8-9(16-2)4-5-10(11)12(13)14/h4-5,8H,3,6-7H2,1-2H3,(H3,13,14). The minimum absolute atomic E-state index is 0.0851. The molecule has 0 saturated carbocycles. The number of methoxy groups -OCH3 is 2. The van der Waals surface area contributed by atoms with Crippen molar-refractivity contribution in [2.24, 2.45) is 5.73 Å². The molecule has 1 aromatic rings. The molecule has 5 heteroatoms. The summed E-state index contributed by atoms with van der Waals surface area (Å²) in [7, 11) is 3.32. The summed E-state index contributed by atoms with van der Waals surface area (Å²) in [5, 5.41) is 7.52. The van der Waals surface area contributed by atoms with Crippen LogP contribution in [0.5, 0.6) is 5.75 Å². The Hall–Kier alpha value is -1.20. The largest absolute Gasteiger partial charge is 0.497 e. The van der Waals surface area contributed by atoms with Crippen LogP contribution >= 0.6 is 11.8 Å². The smallest absolute Gasteiger partial charge is 0.123 e. The van der Waals surface area contributed by atoms with E-state index >= 15 is 0 Å². The van der Waals surface area contributed by atoms with Gasteiger partial charge in [0.2, 0.25) is 0 Å². The highest BCUT2D eigenvalue weighted by atomic mass is 32.2. The molecule has 0 radical (unpaired) electrons. The molecule has 0 saturated heterocycles. The Balaban J connectivity index is 2.75. The van der Waals surface area contributed by atoms with Gasteiger partial charge in [-0.15, -0.1) is 11.8 Å². The Kier molecular flexibility index (Phi) is 5.86. The van der Waals surface area contributed by atoms with Crippen molar-refractivity contribution in [2.75, 3.05) is 26.6 Å². The van der Waals surface area contributed by atoms with Crippen molar-refractivity contribution in [3.63, 3.8) is 0 Å². The highest BCUT2D eigenvalue weighted by Gasteiger charge is 2.07. The number of benzene rings is 1. The Bertz CT molecular complexity index is 383. The van der Waals surface area contributed by atoms with Crippen molar-refractivity contribution in [3.05, 3.63) is 23.8 Å². The molecular formula is C12H18N2O2S. The molecule has 0 heterocycles. The molecular weight excluding hydrogens is 236 g/mol. The first kappa shape index (κ1) is 13.9. The van der Waals surface area contributed by atoms with Crippen molar-refractivity contribution < 1.29 is 9.47 Å². The number of hydrogen-bond donors (Lipinski definition) is 2. The number of ether oxygens (including phenoxy) is 2. The van der Waals surface area contributed by atoms with E-state index in [9.17, 15) is 0 Å². The van der Waals surface area contributed by atoms with Gasteiger partial charge < -0.3 is 15.2 Å². The molecule has 94 valence electrons. The van der Waals surface area contributed by atoms with Crippen LogP contribution in [0.4, 0.5) is 0 Å². The van der Waals surface area contributed by atoms with Crippen LogP contribution in [-0.4, -0.2) is 32.4 Å². The Labute approximate surface area is 106 Å². The van der Waals surface area contributed by atoms with E-state index in [1.54, 1.807) is 26.0 Å². The van der Waals surface area contributed by atoms with Gasteiger partial charge in [0.25, 0.3) is 0 Å². The van der Waals surface area contributed by atoms with Crippen molar-refractivity contribution in [3.8, 4) is 5.75 Å². The molecule has 0 aliphatic carbocycles. The second kappa shape index (κ2) is 7.19. The van der Waals surface area contributed by atoms with Crippen molar-refractivity contribution in [1.29, 1.82) is 5.41 Å². The zero-order valence-electron chi connectivity index (χ0n) is 10.2. The fourth-order valence-electron chi connectivity index (χ4n) is 1.36. The van der Waals surface area contributed by atoms with Crippen LogP contribution in [0.3, 0.4) is 0 Å². The molecule has 1 aromatic carbocycles. The van der Waals surface area contributed by atoms with E-state index in [1.165, 1.54) is 0 Å². The molecule has 0 amide bonds. The molecule has 3 N–H and O–H groups in total. The number of nitrogen functional groups attached to an aromatic ring is 1. The van der Waals surface area contributed by atoms with E-state index in [0.29, 0.717) is 0 Å². The van der Waals surface area contributed by atoms with Crippen LogP contribution in [0.25, 0.3) is 0 Å². The van der Waals surface area contributed by atoms with E-state index in [-0.39, 0.29) is 5.84 Å². The van der Waals surface area contributed by atoms with Crippen LogP contribution in [0, 0.1) is 5.41 Å². The van der Waals surface area contributed by atoms with Gasteiger partial charge in [0.1, 0.15) is 11.6 Å². The second-order valence-corrected chi connectivity index (χ2v) is 4.61. The number of thioether (sulfide) groups is 1. The average molecular weight is 254 g/mol. The molecule has 0 unspecified atom stereocenters. The first-order valence-corrected chi connectivity index (χ1v) is 6.31. The number of nitrogens with two attached hydrogens (primary N) is 1. The molecule has 4 nitrogen and oxygen atoms in total. The van der Waals surface area contributed by atoms with Gasteiger partial charge in [0.05, 0.1) is 7.11 Å². The minimum Gasteiger partial charge on any atom is -0.497 e. The number of nitrogens with one attached hydrogen (secondary N) is 1. The quantitative estimate of drug-likeness (QED) is 0.338. The topological polar surface area (TPSA) is 68.3 Å². The van der Waals surface area contributed by atoms with E-state index in [0.717, 1.165) is 35.0 Å². The van der Waals surface area contributed by atoms with Gasteiger partial charge in [0.15, 0.2) is 0 Å². The molecule has 1 rings (SSSR count). The monoisotopic (exact) mass is 254 g/mol. The zero-order chi connectivity index (χ0) is 12.7. The van der Waals surface area contributed by atoms with E-state index in [2.05, 4.69) is 0 Å². The normalized spacial score (nSPS) is 10.2. The predicted octanol–water partition coefficient (Wildman–Crippen LogP) is 2.11. The molecule has 17 heavy (non-hydrogen) atoms. The maximum atomic E-state index is 7.52. The summed E-state index contributed by atoms with van der Waals surface area (Å²) in [4.78, 5) is 0.980. The fraction of sp³-hybridized carbons (Fsp3) is 0.417. The molecule has 0 aliphatic heterocycles. The first-order chi connectivity index (χ1) is 8.19. The lowest BCUT2D eigenvalue weighted by Gasteiger charge is -2.09. The maximum Gasteiger partial charge on any atom is 0.123 e. The SMILES string of the molecule is COCCCSc1cc(OC)ccc1C(=N)N.